The molecule has 0 heterocycles. The first-order valence-electron chi connectivity index (χ1n) is 4.80. The number of alkyl halides is 4. The molecule has 0 aliphatic rings. The number of carbonyl (C=O) groups is 1. The smallest absolute Gasteiger partial charge is 0.405 e. The number of ketones is 1. The van der Waals surface area contributed by atoms with Gasteiger partial charge in [-0.2, -0.15) is 0 Å². The third-order valence-electron chi connectivity index (χ3n) is 2.06. The summed E-state index contributed by atoms with van der Waals surface area (Å²) in [4.78, 5) is 19.8. The lowest BCUT2D eigenvalue weighted by molar-refractivity contribution is -0.385. The molecule has 1 unspecified atom stereocenters. The first-order valence-corrected chi connectivity index (χ1v) is 5.72. The molecule has 1 rings (SSSR count). The number of rotatable bonds is 4. The SMILES string of the molecule is CC(=O)C(Br)c1ccc([N+](=O)[O-])cc1OC(F)(F)F. The van der Waals surface area contributed by atoms with Gasteiger partial charge in [0, 0.05) is 11.6 Å². The van der Waals surface area contributed by atoms with Gasteiger partial charge < -0.3 is 4.74 Å². The predicted molar refractivity (Wildman–Crippen MR) is 62.1 cm³/mol. The molecule has 0 aromatic heterocycles. The maximum Gasteiger partial charge on any atom is 0.573 e. The van der Waals surface area contributed by atoms with Crippen molar-refractivity contribution in [2.45, 2.75) is 18.1 Å². The van der Waals surface area contributed by atoms with Crippen LogP contribution >= 0.6 is 15.9 Å². The lowest BCUT2D eigenvalue weighted by Gasteiger charge is -2.15. The zero-order valence-electron chi connectivity index (χ0n) is 9.40. The third kappa shape index (κ3) is 4.19. The number of nitrogens with zero attached hydrogens (tertiary/aromatic N) is 1. The van der Waals surface area contributed by atoms with Crippen molar-refractivity contribution in [1.29, 1.82) is 0 Å². The molecule has 0 aliphatic heterocycles. The Labute approximate surface area is 113 Å². The Kier molecular flexibility index (Phi) is 4.51. The fourth-order valence-corrected chi connectivity index (χ4v) is 1.66. The molecule has 0 saturated heterocycles. The molecule has 5 nitrogen and oxygen atoms in total. The van der Waals surface area contributed by atoms with Crippen molar-refractivity contribution in [3.63, 3.8) is 0 Å². The molecule has 19 heavy (non-hydrogen) atoms. The van der Waals surface area contributed by atoms with Gasteiger partial charge in [-0.25, -0.2) is 0 Å². The van der Waals surface area contributed by atoms with Crippen molar-refractivity contribution in [2.24, 2.45) is 0 Å². The summed E-state index contributed by atoms with van der Waals surface area (Å²) >= 11 is 2.90. The maximum atomic E-state index is 12.2. The van der Waals surface area contributed by atoms with Crippen LogP contribution in [0.3, 0.4) is 0 Å². The Balaban J connectivity index is 3.30. The van der Waals surface area contributed by atoms with E-state index < -0.39 is 33.3 Å². The van der Waals surface area contributed by atoms with Gasteiger partial charge in [0.25, 0.3) is 5.69 Å². The van der Waals surface area contributed by atoms with Gasteiger partial charge in [-0.15, -0.1) is 13.2 Å². The molecule has 0 fully saturated rings. The molecule has 1 aromatic carbocycles. The molecule has 0 bridgehead atoms. The minimum Gasteiger partial charge on any atom is -0.405 e. The van der Waals surface area contributed by atoms with E-state index in [1.54, 1.807) is 0 Å². The summed E-state index contributed by atoms with van der Waals surface area (Å²) in [5.74, 6) is -1.24. The van der Waals surface area contributed by atoms with Crippen LogP contribution in [0.1, 0.15) is 17.3 Å². The Morgan fingerprint density at radius 3 is 2.47 bits per heavy atom. The highest BCUT2D eigenvalue weighted by molar-refractivity contribution is 9.09. The number of hydrogen-bond donors (Lipinski definition) is 0. The molecular formula is C10H7BrF3NO4. The highest BCUT2D eigenvalue weighted by Crippen LogP contribution is 2.37. The van der Waals surface area contributed by atoms with Crippen molar-refractivity contribution in [2.75, 3.05) is 0 Å². The van der Waals surface area contributed by atoms with Gasteiger partial charge in [0.05, 0.1) is 11.0 Å². The molecule has 0 spiro atoms. The van der Waals surface area contributed by atoms with Crippen LogP contribution < -0.4 is 4.74 Å². The average Bonchev–Trinajstić information content (AvgIpc) is 2.25. The monoisotopic (exact) mass is 341 g/mol. The van der Waals surface area contributed by atoms with Crippen molar-refractivity contribution >= 4 is 27.4 Å². The van der Waals surface area contributed by atoms with Gasteiger partial charge in [0.2, 0.25) is 0 Å². The molecule has 1 aromatic rings. The molecule has 0 radical (unpaired) electrons. The molecule has 0 saturated carbocycles. The number of hydrogen-bond acceptors (Lipinski definition) is 4. The summed E-state index contributed by atoms with van der Waals surface area (Å²) in [6, 6.07) is 2.66. The van der Waals surface area contributed by atoms with E-state index in [2.05, 4.69) is 20.7 Å². The van der Waals surface area contributed by atoms with Crippen LogP contribution in [0.25, 0.3) is 0 Å². The second kappa shape index (κ2) is 5.55. The van der Waals surface area contributed by atoms with E-state index in [9.17, 15) is 28.1 Å². The zero-order chi connectivity index (χ0) is 14.8. The van der Waals surface area contributed by atoms with Crippen LogP contribution in [0.15, 0.2) is 18.2 Å². The van der Waals surface area contributed by atoms with E-state index in [0.29, 0.717) is 6.07 Å². The number of carbonyl (C=O) groups excluding carboxylic acids is 1. The predicted octanol–water partition coefficient (Wildman–Crippen LogP) is 3.52. The molecule has 0 aliphatic carbocycles. The minimum atomic E-state index is -5.01. The molecule has 0 N–H and O–H groups in total. The van der Waals surface area contributed by atoms with Crippen molar-refractivity contribution in [3.8, 4) is 5.75 Å². The highest BCUT2D eigenvalue weighted by Gasteiger charge is 2.34. The first-order chi connectivity index (χ1) is 8.61. The van der Waals surface area contributed by atoms with E-state index in [0.717, 1.165) is 19.1 Å². The van der Waals surface area contributed by atoms with Crippen LogP contribution in [-0.2, 0) is 4.79 Å². The van der Waals surface area contributed by atoms with Gasteiger partial charge >= 0.3 is 6.36 Å². The van der Waals surface area contributed by atoms with Crippen LogP contribution in [0.5, 0.6) is 5.75 Å². The molecular weight excluding hydrogens is 335 g/mol. The Morgan fingerprint density at radius 2 is 2.05 bits per heavy atom. The average molecular weight is 342 g/mol. The van der Waals surface area contributed by atoms with Crippen LogP contribution in [0.4, 0.5) is 18.9 Å². The number of ether oxygens (including phenoxy) is 1. The van der Waals surface area contributed by atoms with Crippen LogP contribution in [0.2, 0.25) is 0 Å². The number of Topliss-reactive ketones (excluding diaryl/α,β-unsaturated/α-hetero) is 1. The van der Waals surface area contributed by atoms with Gasteiger partial charge in [0.1, 0.15) is 16.4 Å². The van der Waals surface area contributed by atoms with Gasteiger partial charge in [-0.3, -0.25) is 14.9 Å². The van der Waals surface area contributed by atoms with Crippen molar-refractivity contribution in [1.82, 2.24) is 0 Å². The van der Waals surface area contributed by atoms with Gasteiger partial charge in [-0.05, 0) is 13.0 Å². The van der Waals surface area contributed by atoms with Crippen LogP contribution in [0, 0.1) is 10.1 Å². The fraction of sp³-hybridized carbons (Fsp3) is 0.300. The summed E-state index contributed by atoms with van der Waals surface area (Å²) in [7, 11) is 0. The first kappa shape index (κ1) is 15.4. The lowest BCUT2D eigenvalue weighted by Crippen LogP contribution is -2.19. The summed E-state index contributed by atoms with van der Waals surface area (Å²) in [6.07, 6.45) is -5.01. The summed E-state index contributed by atoms with van der Waals surface area (Å²) in [5, 5.41) is 10.5. The topological polar surface area (TPSA) is 69.4 Å². The molecule has 104 valence electrons. The second-order valence-electron chi connectivity index (χ2n) is 3.50. The van der Waals surface area contributed by atoms with E-state index in [1.807, 2.05) is 0 Å². The van der Waals surface area contributed by atoms with E-state index in [1.165, 1.54) is 0 Å². The van der Waals surface area contributed by atoms with Crippen molar-refractivity contribution in [3.05, 3.63) is 33.9 Å². The molecule has 0 amide bonds. The number of halogens is 4. The fourth-order valence-electron chi connectivity index (χ4n) is 1.28. The maximum absolute atomic E-state index is 12.2. The zero-order valence-corrected chi connectivity index (χ0v) is 11.0. The Morgan fingerprint density at radius 1 is 1.47 bits per heavy atom. The largest absolute Gasteiger partial charge is 0.573 e. The Hall–Kier alpha value is -1.64. The summed E-state index contributed by atoms with van der Waals surface area (Å²) in [5.41, 5.74) is -0.693. The number of nitro groups is 1. The van der Waals surface area contributed by atoms with E-state index >= 15 is 0 Å². The minimum absolute atomic E-state index is 0.129. The second-order valence-corrected chi connectivity index (χ2v) is 4.42. The third-order valence-corrected chi connectivity index (χ3v) is 3.20. The summed E-state index contributed by atoms with van der Waals surface area (Å²) < 4.78 is 40.4. The number of nitro benzene ring substituents is 1. The quantitative estimate of drug-likeness (QED) is 0.477. The summed E-state index contributed by atoms with van der Waals surface area (Å²) in [6.45, 7) is 1.16. The van der Waals surface area contributed by atoms with E-state index in [4.69, 9.17) is 0 Å². The molecule has 1 atom stereocenters. The van der Waals surface area contributed by atoms with Gasteiger partial charge in [-0.1, -0.05) is 15.9 Å². The van der Waals surface area contributed by atoms with E-state index in [-0.39, 0.29) is 5.56 Å². The van der Waals surface area contributed by atoms with Crippen molar-refractivity contribution < 1.29 is 27.6 Å². The highest BCUT2D eigenvalue weighted by atomic mass is 79.9. The van der Waals surface area contributed by atoms with Crippen LogP contribution in [-0.4, -0.2) is 17.1 Å². The lowest BCUT2D eigenvalue weighted by atomic mass is 10.1. The Bertz CT molecular complexity index is 518. The number of benzene rings is 1. The molecule has 9 heteroatoms. The van der Waals surface area contributed by atoms with Gasteiger partial charge in [0.15, 0.2) is 0 Å². The normalized spacial score (nSPS) is 12.9. The number of non-ortho nitro benzene ring substituents is 1. The standard InChI is InChI=1S/C10H7BrF3NO4/c1-5(16)9(11)7-3-2-6(15(17)18)4-8(7)19-10(12,13)14/h2-4,9H,1H3.